The molecule has 3 aromatic rings. The van der Waals surface area contributed by atoms with E-state index in [2.05, 4.69) is 17.6 Å². The van der Waals surface area contributed by atoms with Crippen molar-refractivity contribution in [3.8, 4) is 5.75 Å². The van der Waals surface area contributed by atoms with Crippen LogP contribution in [0.15, 0.2) is 54.6 Å². The SMILES string of the molecule is CCCCCCCCn1c(=N)n(CC(O)COc2ccccc2)c2ccccc21. The van der Waals surface area contributed by atoms with Gasteiger partial charge in [0, 0.05) is 6.54 Å². The Morgan fingerprint density at radius 1 is 0.862 bits per heavy atom. The number of hydrogen-bond donors (Lipinski definition) is 2. The molecule has 1 heterocycles. The number of imidazole rings is 1. The monoisotopic (exact) mass is 395 g/mol. The van der Waals surface area contributed by atoms with E-state index in [1.54, 1.807) is 0 Å². The van der Waals surface area contributed by atoms with Crippen LogP contribution in [0.4, 0.5) is 0 Å². The van der Waals surface area contributed by atoms with E-state index in [0.717, 1.165) is 29.7 Å². The van der Waals surface area contributed by atoms with Crippen molar-refractivity contribution >= 4 is 11.0 Å². The van der Waals surface area contributed by atoms with Gasteiger partial charge in [-0.3, -0.25) is 5.41 Å². The van der Waals surface area contributed by atoms with Gasteiger partial charge in [-0.25, -0.2) is 0 Å². The highest BCUT2D eigenvalue weighted by atomic mass is 16.5. The van der Waals surface area contributed by atoms with Gasteiger partial charge < -0.3 is 19.0 Å². The fourth-order valence-corrected chi connectivity index (χ4v) is 3.73. The highest BCUT2D eigenvalue weighted by Crippen LogP contribution is 2.15. The Labute approximate surface area is 173 Å². The van der Waals surface area contributed by atoms with Crippen LogP contribution in [-0.4, -0.2) is 27.0 Å². The first-order valence-electron chi connectivity index (χ1n) is 10.8. The van der Waals surface area contributed by atoms with Gasteiger partial charge in [-0.05, 0) is 30.7 Å². The summed E-state index contributed by atoms with van der Waals surface area (Å²) in [5.41, 5.74) is 2.49. The Balaban J connectivity index is 1.66. The maximum absolute atomic E-state index is 10.5. The molecule has 1 aromatic heterocycles. The standard InChI is InChI=1S/C24H33N3O2/c1-2-3-4-5-6-12-17-26-22-15-10-11-16-23(22)27(24(26)25)18-20(28)19-29-21-13-8-7-9-14-21/h7-11,13-16,20,25,28H,2-6,12,17-19H2,1H3. The van der Waals surface area contributed by atoms with Crippen molar-refractivity contribution in [3.05, 3.63) is 60.2 Å². The van der Waals surface area contributed by atoms with Crippen LogP contribution in [-0.2, 0) is 13.1 Å². The number of nitrogens with zero attached hydrogens (tertiary/aromatic N) is 2. The van der Waals surface area contributed by atoms with E-state index < -0.39 is 6.10 Å². The Morgan fingerprint density at radius 2 is 1.48 bits per heavy atom. The lowest BCUT2D eigenvalue weighted by atomic mass is 10.1. The third-order valence-electron chi connectivity index (χ3n) is 5.29. The molecule has 3 rings (SSSR count). The minimum absolute atomic E-state index is 0.202. The summed E-state index contributed by atoms with van der Waals surface area (Å²) >= 11 is 0. The average Bonchev–Trinajstić information content (AvgIpc) is 3.01. The number of hydrogen-bond acceptors (Lipinski definition) is 3. The summed E-state index contributed by atoms with van der Waals surface area (Å²) in [7, 11) is 0. The zero-order valence-electron chi connectivity index (χ0n) is 17.4. The van der Waals surface area contributed by atoms with Gasteiger partial charge in [0.25, 0.3) is 0 Å². The predicted molar refractivity (Wildman–Crippen MR) is 117 cm³/mol. The van der Waals surface area contributed by atoms with E-state index >= 15 is 0 Å². The van der Waals surface area contributed by atoms with Crippen molar-refractivity contribution in [2.24, 2.45) is 0 Å². The lowest BCUT2D eigenvalue weighted by Crippen LogP contribution is -2.31. The number of unbranched alkanes of at least 4 members (excludes halogenated alkanes) is 5. The summed E-state index contributed by atoms with van der Waals surface area (Å²) in [5.74, 6) is 0.744. The largest absolute Gasteiger partial charge is 0.491 e. The molecule has 0 radical (unpaired) electrons. The van der Waals surface area contributed by atoms with Crippen LogP contribution in [0.25, 0.3) is 11.0 Å². The summed E-state index contributed by atoms with van der Waals surface area (Å²) in [5, 5.41) is 19.2. The lowest BCUT2D eigenvalue weighted by molar-refractivity contribution is 0.0921. The number of aromatic nitrogens is 2. The third-order valence-corrected chi connectivity index (χ3v) is 5.29. The van der Waals surface area contributed by atoms with E-state index in [0.29, 0.717) is 12.2 Å². The zero-order valence-corrected chi connectivity index (χ0v) is 17.4. The first-order valence-corrected chi connectivity index (χ1v) is 10.8. The summed E-state index contributed by atoms with van der Waals surface area (Å²) < 4.78 is 9.64. The molecule has 2 aromatic carbocycles. The second-order valence-corrected chi connectivity index (χ2v) is 7.62. The lowest BCUT2D eigenvalue weighted by Gasteiger charge is -2.13. The minimum atomic E-state index is -0.683. The van der Waals surface area contributed by atoms with Gasteiger partial charge >= 0.3 is 0 Å². The molecule has 0 fully saturated rings. The number of aliphatic hydroxyl groups is 1. The molecule has 0 aliphatic heterocycles. The molecule has 0 aliphatic rings. The van der Waals surface area contributed by atoms with Gasteiger partial charge in [0.05, 0.1) is 17.6 Å². The first kappa shape index (κ1) is 21.2. The Hall–Kier alpha value is -2.53. The molecule has 0 amide bonds. The molecule has 5 nitrogen and oxygen atoms in total. The van der Waals surface area contributed by atoms with Crippen LogP contribution in [0, 0.1) is 5.41 Å². The van der Waals surface area contributed by atoms with E-state index in [4.69, 9.17) is 10.1 Å². The van der Waals surface area contributed by atoms with Crippen molar-refractivity contribution < 1.29 is 9.84 Å². The maximum Gasteiger partial charge on any atom is 0.203 e. The fourth-order valence-electron chi connectivity index (χ4n) is 3.73. The second-order valence-electron chi connectivity index (χ2n) is 7.62. The normalized spacial score (nSPS) is 12.3. The number of rotatable bonds is 12. The Morgan fingerprint density at radius 3 is 2.21 bits per heavy atom. The molecule has 2 N–H and O–H groups in total. The number of fused-ring (bicyclic) bond motifs is 1. The van der Waals surface area contributed by atoms with E-state index in [-0.39, 0.29) is 6.61 Å². The van der Waals surface area contributed by atoms with Gasteiger partial charge in [-0.15, -0.1) is 0 Å². The predicted octanol–water partition coefficient (Wildman–Crippen LogP) is 4.72. The van der Waals surface area contributed by atoms with E-state index in [9.17, 15) is 5.11 Å². The van der Waals surface area contributed by atoms with E-state index in [1.165, 1.54) is 32.1 Å². The summed E-state index contributed by atoms with van der Waals surface area (Å²) in [6, 6.07) is 17.6. The number of ether oxygens (including phenoxy) is 1. The van der Waals surface area contributed by atoms with Gasteiger partial charge in [0.2, 0.25) is 5.62 Å². The minimum Gasteiger partial charge on any atom is -0.491 e. The van der Waals surface area contributed by atoms with Crippen LogP contribution in [0.2, 0.25) is 0 Å². The molecule has 5 heteroatoms. The molecular weight excluding hydrogens is 362 g/mol. The van der Waals surface area contributed by atoms with Gasteiger partial charge in [-0.1, -0.05) is 69.4 Å². The molecule has 0 saturated heterocycles. The molecule has 0 bridgehead atoms. The number of benzene rings is 2. The van der Waals surface area contributed by atoms with Crippen LogP contribution in [0.1, 0.15) is 45.4 Å². The number of aryl methyl sites for hydroxylation is 1. The number of aliphatic hydroxyl groups excluding tert-OH is 1. The molecule has 0 saturated carbocycles. The summed E-state index contributed by atoms with van der Waals surface area (Å²) in [4.78, 5) is 0. The first-order chi connectivity index (χ1) is 14.2. The van der Waals surface area contributed by atoms with Gasteiger partial charge in [0.15, 0.2) is 0 Å². The Bertz CT molecular complexity index is 930. The van der Waals surface area contributed by atoms with Crippen molar-refractivity contribution in [1.82, 2.24) is 9.13 Å². The average molecular weight is 396 g/mol. The topological polar surface area (TPSA) is 63.2 Å². The highest BCUT2D eigenvalue weighted by Gasteiger charge is 2.14. The molecule has 1 atom stereocenters. The maximum atomic E-state index is 10.5. The molecule has 1 unspecified atom stereocenters. The number of para-hydroxylation sites is 3. The van der Waals surface area contributed by atoms with Crippen LogP contribution in [0.5, 0.6) is 5.75 Å². The van der Waals surface area contributed by atoms with Gasteiger partial charge in [0.1, 0.15) is 18.5 Å². The smallest absolute Gasteiger partial charge is 0.203 e. The van der Waals surface area contributed by atoms with Crippen molar-refractivity contribution in [2.75, 3.05) is 6.61 Å². The number of nitrogens with one attached hydrogen (secondary N) is 1. The molecule has 29 heavy (non-hydrogen) atoms. The summed E-state index contributed by atoms with van der Waals surface area (Å²) in [6.45, 7) is 3.62. The molecule has 156 valence electrons. The van der Waals surface area contributed by atoms with Crippen molar-refractivity contribution in [2.45, 2.75) is 64.6 Å². The van der Waals surface area contributed by atoms with Crippen molar-refractivity contribution in [1.29, 1.82) is 5.41 Å². The molecule has 0 spiro atoms. The van der Waals surface area contributed by atoms with Crippen LogP contribution >= 0.6 is 0 Å². The van der Waals surface area contributed by atoms with E-state index in [1.807, 2.05) is 53.1 Å². The third kappa shape index (κ3) is 5.73. The highest BCUT2D eigenvalue weighted by molar-refractivity contribution is 5.75. The van der Waals surface area contributed by atoms with Crippen LogP contribution in [0.3, 0.4) is 0 Å². The quantitative estimate of drug-likeness (QED) is 0.436. The Kier molecular flexibility index (Phi) is 7.94. The molecular formula is C24H33N3O2. The van der Waals surface area contributed by atoms with Crippen molar-refractivity contribution in [3.63, 3.8) is 0 Å². The molecule has 0 aliphatic carbocycles. The second kappa shape index (κ2) is 10.9. The fraction of sp³-hybridized carbons (Fsp3) is 0.458. The van der Waals surface area contributed by atoms with Crippen LogP contribution < -0.4 is 10.4 Å². The van der Waals surface area contributed by atoms with Gasteiger partial charge in [-0.2, -0.15) is 0 Å². The summed E-state index contributed by atoms with van der Waals surface area (Å²) in [6.07, 6.45) is 6.71. The zero-order chi connectivity index (χ0) is 20.5.